The van der Waals surface area contributed by atoms with Gasteiger partial charge in [-0.05, 0) is 59.7 Å². The lowest BCUT2D eigenvalue weighted by molar-refractivity contribution is -0.119. The highest BCUT2D eigenvalue weighted by Gasteiger charge is 2.36. The third-order valence-electron chi connectivity index (χ3n) is 6.67. The van der Waals surface area contributed by atoms with E-state index in [1.807, 2.05) is 42.5 Å². The minimum atomic E-state index is -0.423. The van der Waals surface area contributed by atoms with Crippen LogP contribution in [0.5, 0.6) is 0 Å². The molecule has 0 radical (unpaired) electrons. The molecule has 0 atom stereocenters. The summed E-state index contributed by atoms with van der Waals surface area (Å²) in [4.78, 5) is 57.7. The van der Waals surface area contributed by atoms with Gasteiger partial charge in [0.25, 0.3) is 11.8 Å². The summed E-state index contributed by atoms with van der Waals surface area (Å²) in [5, 5.41) is 2.89. The molecule has 0 saturated carbocycles. The SMILES string of the molecule is C.NCC(=O)Cc1ccc2ncc(Cl)cc2c1.O=C(Cc1ccc2ncc(Cl)cc2c1)CN1C(=O)c2ccccc2C1=O. The van der Waals surface area contributed by atoms with Crippen LogP contribution in [0.2, 0.25) is 10.0 Å². The van der Waals surface area contributed by atoms with Crippen LogP contribution in [0.3, 0.4) is 0 Å². The van der Waals surface area contributed by atoms with Crippen molar-refractivity contribution >= 4 is 68.4 Å². The summed E-state index contributed by atoms with van der Waals surface area (Å²) in [6, 6.07) is 21.4. The van der Waals surface area contributed by atoms with Gasteiger partial charge in [-0.3, -0.25) is 34.0 Å². The number of nitrogens with zero attached hydrogens (tertiary/aromatic N) is 3. The predicted octanol–water partition coefficient (Wildman–Crippen LogP) is 5.89. The number of pyridine rings is 2. The van der Waals surface area contributed by atoms with Crippen LogP contribution in [0.15, 0.2) is 85.2 Å². The summed E-state index contributed by atoms with van der Waals surface area (Å²) in [5.74, 6) is -1.04. The Kier molecular flexibility index (Phi) is 9.98. The van der Waals surface area contributed by atoms with Gasteiger partial charge in [0, 0.05) is 36.0 Å². The Bertz CT molecular complexity index is 1840. The van der Waals surface area contributed by atoms with Gasteiger partial charge < -0.3 is 5.73 Å². The molecule has 0 spiro atoms. The molecule has 2 N–H and O–H groups in total. The van der Waals surface area contributed by atoms with Gasteiger partial charge in [0.1, 0.15) is 0 Å². The van der Waals surface area contributed by atoms with Crippen LogP contribution in [-0.2, 0) is 22.4 Å². The Balaban J connectivity index is 0.000000215. The van der Waals surface area contributed by atoms with Crippen molar-refractivity contribution in [1.29, 1.82) is 0 Å². The molecule has 0 saturated heterocycles. The fourth-order valence-electron chi connectivity index (χ4n) is 4.67. The molecule has 10 heteroatoms. The number of amides is 2. The number of hydrogen-bond donors (Lipinski definition) is 1. The average Bonchev–Trinajstić information content (AvgIpc) is 3.21. The Morgan fingerprint density at radius 1 is 0.698 bits per heavy atom. The van der Waals surface area contributed by atoms with Crippen LogP contribution in [0, 0.1) is 0 Å². The monoisotopic (exact) mass is 614 g/mol. The first-order valence-electron chi connectivity index (χ1n) is 13.0. The first-order valence-corrected chi connectivity index (χ1v) is 13.7. The van der Waals surface area contributed by atoms with Crippen LogP contribution in [0.1, 0.15) is 39.3 Å². The topological polar surface area (TPSA) is 123 Å². The molecule has 0 unspecified atom stereocenters. The van der Waals surface area contributed by atoms with E-state index < -0.39 is 11.8 Å². The molecule has 2 aromatic heterocycles. The number of Topliss-reactive ketones (excluding diaryl/α,β-unsaturated/α-hetero) is 2. The molecule has 5 aromatic rings. The van der Waals surface area contributed by atoms with Crippen molar-refractivity contribution in [2.45, 2.75) is 20.3 Å². The fourth-order valence-corrected chi connectivity index (χ4v) is 5.00. The van der Waals surface area contributed by atoms with E-state index in [1.54, 1.807) is 42.7 Å². The molecule has 3 heterocycles. The first-order chi connectivity index (χ1) is 20.2. The van der Waals surface area contributed by atoms with Gasteiger partial charge in [0.15, 0.2) is 11.6 Å². The van der Waals surface area contributed by atoms with E-state index in [0.29, 0.717) is 27.6 Å². The van der Waals surface area contributed by atoms with E-state index in [4.69, 9.17) is 28.9 Å². The standard InChI is InChI=1S/C20H13ClN2O3.C12H11ClN2O.CH4/c21-14-9-13-7-12(5-6-18(13)22-10-14)8-15(24)11-23-19(25)16-3-1-2-4-17(16)20(23)26;13-10-5-9-3-8(4-11(16)6-14)1-2-12(9)15-7-10;/h1-7,9-10H,8,11H2;1-3,5,7H,4,6,14H2;1H4. The minimum absolute atomic E-state index is 0. The number of imide groups is 1. The molecule has 0 aliphatic carbocycles. The molecule has 218 valence electrons. The molecule has 6 rings (SSSR count). The molecule has 1 aliphatic rings. The summed E-state index contributed by atoms with van der Waals surface area (Å²) in [6.45, 7) is -0.163. The van der Waals surface area contributed by atoms with Gasteiger partial charge in [-0.1, -0.05) is 54.9 Å². The van der Waals surface area contributed by atoms with Crippen LogP contribution in [0.25, 0.3) is 21.8 Å². The summed E-state index contributed by atoms with van der Waals surface area (Å²) in [5.41, 5.74) is 9.33. The molecule has 3 aromatic carbocycles. The number of nitrogens with two attached hydrogens (primary N) is 1. The first kappa shape index (κ1) is 31.4. The zero-order valence-electron chi connectivity index (χ0n) is 22.2. The van der Waals surface area contributed by atoms with E-state index in [0.717, 1.165) is 37.8 Å². The van der Waals surface area contributed by atoms with Gasteiger partial charge in [-0.15, -0.1) is 0 Å². The van der Waals surface area contributed by atoms with Gasteiger partial charge in [-0.2, -0.15) is 0 Å². The zero-order chi connectivity index (χ0) is 29.8. The van der Waals surface area contributed by atoms with Crippen molar-refractivity contribution in [2.24, 2.45) is 5.73 Å². The van der Waals surface area contributed by atoms with E-state index >= 15 is 0 Å². The predicted molar refractivity (Wildman–Crippen MR) is 169 cm³/mol. The second kappa shape index (κ2) is 13.6. The lowest BCUT2D eigenvalue weighted by Crippen LogP contribution is -2.35. The minimum Gasteiger partial charge on any atom is -0.324 e. The van der Waals surface area contributed by atoms with Crippen LogP contribution >= 0.6 is 23.2 Å². The number of ketones is 2. The number of carbonyl (C=O) groups is 4. The third kappa shape index (κ3) is 7.29. The fraction of sp³-hybridized carbons (Fsp3) is 0.152. The molecule has 0 fully saturated rings. The second-order valence-corrected chi connectivity index (χ2v) is 10.6. The van der Waals surface area contributed by atoms with Crippen molar-refractivity contribution in [3.05, 3.63) is 117 Å². The molecular weight excluding hydrogens is 587 g/mol. The number of rotatable bonds is 7. The lowest BCUT2D eigenvalue weighted by atomic mass is 10.1. The summed E-state index contributed by atoms with van der Waals surface area (Å²) < 4.78 is 0. The third-order valence-corrected chi connectivity index (χ3v) is 7.08. The van der Waals surface area contributed by atoms with Gasteiger partial charge in [0.05, 0.1) is 45.3 Å². The molecule has 0 bridgehead atoms. The van der Waals surface area contributed by atoms with Crippen molar-refractivity contribution in [3.63, 3.8) is 0 Å². The average molecular weight is 616 g/mol. The van der Waals surface area contributed by atoms with E-state index in [2.05, 4.69) is 9.97 Å². The summed E-state index contributed by atoms with van der Waals surface area (Å²) in [6.07, 6.45) is 3.65. The molecule has 8 nitrogen and oxygen atoms in total. The maximum absolute atomic E-state index is 12.4. The summed E-state index contributed by atoms with van der Waals surface area (Å²) >= 11 is 11.8. The number of aromatic nitrogens is 2. The van der Waals surface area contributed by atoms with Crippen LogP contribution in [0.4, 0.5) is 0 Å². The highest BCUT2D eigenvalue weighted by Crippen LogP contribution is 2.23. The summed E-state index contributed by atoms with van der Waals surface area (Å²) in [7, 11) is 0. The number of benzene rings is 3. The number of carbonyl (C=O) groups excluding carboxylic acids is 4. The zero-order valence-corrected chi connectivity index (χ0v) is 23.7. The normalized spacial score (nSPS) is 12.0. The Hall–Kier alpha value is -4.50. The number of fused-ring (bicyclic) bond motifs is 3. The van der Waals surface area contributed by atoms with E-state index in [1.165, 1.54) is 0 Å². The molecule has 1 aliphatic heterocycles. The van der Waals surface area contributed by atoms with Crippen molar-refractivity contribution in [1.82, 2.24) is 14.9 Å². The highest BCUT2D eigenvalue weighted by atomic mass is 35.5. The van der Waals surface area contributed by atoms with Gasteiger partial charge >= 0.3 is 0 Å². The number of halogens is 2. The molecule has 43 heavy (non-hydrogen) atoms. The quantitative estimate of drug-likeness (QED) is 0.227. The lowest BCUT2D eigenvalue weighted by Gasteiger charge is -2.13. The van der Waals surface area contributed by atoms with Crippen molar-refractivity contribution in [3.8, 4) is 0 Å². The maximum Gasteiger partial charge on any atom is 0.261 e. The van der Waals surface area contributed by atoms with Gasteiger partial charge in [0.2, 0.25) is 0 Å². The Morgan fingerprint density at radius 3 is 1.63 bits per heavy atom. The smallest absolute Gasteiger partial charge is 0.261 e. The van der Waals surface area contributed by atoms with Crippen LogP contribution in [-0.4, -0.2) is 51.3 Å². The maximum atomic E-state index is 12.4. The Morgan fingerprint density at radius 2 is 1.16 bits per heavy atom. The second-order valence-electron chi connectivity index (χ2n) is 9.74. The number of hydrogen-bond acceptors (Lipinski definition) is 7. The van der Waals surface area contributed by atoms with E-state index in [-0.39, 0.29) is 38.5 Å². The highest BCUT2D eigenvalue weighted by molar-refractivity contribution is 6.31. The molecule has 2 amide bonds. The van der Waals surface area contributed by atoms with Crippen LogP contribution < -0.4 is 5.73 Å². The largest absolute Gasteiger partial charge is 0.324 e. The van der Waals surface area contributed by atoms with Crippen molar-refractivity contribution in [2.75, 3.05) is 13.1 Å². The van der Waals surface area contributed by atoms with E-state index in [9.17, 15) is 19.2 Å². The Labute approximate surface area is 258 Å². The van der Waals surface area contributed by atoms with Crippen molar-refractivity contribution < 1.29 is 19.2 Å². The molecular formula is C33H28Cl2N4O4. The van der Waals surface area contributed by atoms with Gasteiger partial charge in [-0.25, -0.2) is 0 Å².